The van der Waals surface area contributed by atoms with Gasteiger partial charge in [-0.25, -0.2) is 0 Å². The third kappa shape index (κ3) is 3.27. The Balaban J connectivity index is 1.65. The maximum atomic E-state index is 12.7. The fourth-order valence-corrected chi connectivity index (χ4v) is 3.19. The summed E-state index contributed by atoms with van der Waals surface area (Å²) in [6, 6.07) is 6.94. The number of aromatic nitrogens is 4. The van der Waals surface area contributed by atoms with Gasteiger partial charge in [0.2, 0.25) is 5.82 Å². The zero-order valence-electron chi connectivity index (χ0n) is 14.3. The van der Waals surface area contributed by atoms with Gasteiger partial charge < -0.3 is 19.1 Å². The molecule has 4 rings (SSSR count). The maximum absolute atomic E-state index is 12.7. The van der Waals surface area contributed by atoms with Crippen LogP contribution in [0.25, 0.3) is 22.8 Å². The van der Waals surface area contributed by atoms with Crippen LogP contribution in [-0.4, -0.2) is 44.0 Å². The van der Waals surface area contributed by atoms with Crippen LogP contribution in [0.15, 0.2) is 35.0 Å². The number of alkyl halides is 3. The molecule has 10 heteroatoms. The van der Waals surface area contributed by atoms with E-state index in [2.05, 4.69) is 24.5 Å². The van der Waals surface area contributed by atoms with Crippen molar-refractivity contribution in [1.29, 1.82) is 0 Å². The van der Waals surface area contributed by atoms with Gasteiger partial charge in [-0.15, -0.1) is 0 Å². The van der Waals surface area contributed by atoms with E-state index in [-0.39, 0.29) is 11.9 Å². The van der Waals surface area contributed by atoms with E-state index in [1.165, 1.54) is 12.3 Å². The molecule has 27 heavy (non-hydrogen) atoms. The lowest BCUT2D eigenvalue weighted by Gasteiger charge is -2.19. The Kier molecular flexibility index (Phi) is 4.14. The van der Waals surface area contributed by atoms with Crippen LogP contribution in [0.4, 0.5) is 19.0 Å². The molecule has 1 atom stereocenters. The van der Waals surface area contributed by atoms with Crippen LogP contribution in [0.2, 0.25) is 0 Å². The van der Waals surface area contributed by atoms with E-state index in [0.29, 0.717) is 24.2 Å². The zero-order chi connectivity index (χ0) is 19.2. The number of aliphatic hydroxyl groups is 1. The molecular formula is C17H16F3N5O2. The quantitative estimate of drug-likeness (QED) is 0.754. The van der Waals surface area contributed by atoms with Crippen LogP contribution in [-0.2, 0) is 13.2 Å². The highest BCUT2D eigenvalue weighted by Crippen LogP contribution is 2.31. The van der Waals surface area contributed by atoms with Gasteiger partial charge in [0.05, 0.1) is 17.5 Å². The number of hydrogen-bond acceptors (Lipinski definition) is 6. The van der Waals surface area contributed by atoms with E-state index < -0.39 is 12.1 Å². The highest BCUT2D eigenvalue weighted by molar-refractivity contribution is 5.67. The van der Waals surface area contributed by atoms with Gasteiger partial charge in [-0.2, -0.15) is 18.2 Å². The van der Waals surface area contributed by atoms with Crippen molar-refractivity contribution >= 4 is 5.82 Å². The Labute approximate surface area is 152 Å². The summed E-state index contributed by atoms with van der Waals surface area (Å²) >= 11 is 0. The van der Waals surface area contributed by atoms with Crippen molar-refractivity contribution in [3.63, 3.8) is 0 Å². The summed E-state index contributed by atoms with van der Waals surface area (Å²) < 4.78 is 44.2. The minimum absolute atomic E-state index is 0.150. The molecule has 0 radical (unpaired) electrons. The summed E-state index contributed by atoms with van der Waals surface area (Å²) in [6.45, 7) is 1.32. The number of anilines is 1. The molecule has 1 N–H and O–H groups in total. The van der Waals surface area contributed by atoms with E-state index in [0.717, 1.165) is 18.1 Å². The zero-order valence-corrected chi connectivity index (χ0v) is 14.3. The molecule has 0 amide bonds. The van der Waals surface area contributed by atoms with E-state index in [4.69, 9.17) is 0 Å². The fourth-order valence-electron chi connectivity index (χ4n) is 3.19. The Morgan fingerprint density at radius 3 is 2.74 bits per heavy atom. The predicted molar refractivity (Wildman–Crippen MR) is 89.8 cm³/mol. The molecule has 7 nitrogen and oxygen atoms in total. The Hall–Kier alpha value is -2.88. The molecule has 4 heterocycles. The fraction of sp³-hybridized carbons (Fsp3) is 0.353. The summed E-state index contributed by atoms with van der Waals surface area (Å²) in [5.41, 5.74) is 1.73. The van der Waals surface area contributed by atoms with Crippen LogP contribution in [0, 0.1) is 0 Å². The van der Waals surface area contributed by atoms with Crippen molar-refractivity contribution < 1.29 is 22.8 Å². The van der Waals surface area contributed by atoms with Crippen molar-refractivity contribution in [2.45, 2.75) is 18.7 Å². The molecule has 3 aromatic heterocycles. The van der Waals surface area contributed by atoms with Gasteiger partial charge in [-0.05, 0) is 30.7 Å². The van der Waals surface area contributed by atoms with Crippen molar-refractivity contribution in [3.05, 3.63) is 36.4 Å². The molecule has 142 valence electrons. The first-order chi connectivity index (χ1) is 12.8. The van der Waals surface area contributed by atoms with Crippen molar-refractivity contribution in [3.8, 4) is 22.8 Å². The Morgan fingerprint density at radius 2 is 2.07 bits per heavy atom. The SMILES string of the molecule is Cn1c(-c2cc(-c3noc(C(F)(F)F)n3)ccn2)ccc1N1CC[C@H](O)C1. The van der Waals surface area contributed by atoms with E-state index in [1.54, 1.807) is 6.07 Å². The molecule has 1 fully saturated rings. The summed E-state index contributed by atoms with van der Waals surface area (Å²) in [5.74, 6) is -0.597. The molecule has 1 aliphatic heterocycles. The molecule has 0 unspecified atom stereocenters. The first-order valence-corrected chi connectivity index (χ1v) is 8.29. The normalized spacial score (nSPS) is 17.7. The molecule has 3 aromatic rings. The highest BCUT2D eigenvalue weighted by Gasteiger charge is 2.38. The molecule has 0 spiro atoms. The van der Waals surface area contributed by atoms with Crippen molar-refractivity contribution in [2.24, 2.45) is 7.05 Å². The van der Waals surface area contributed by atoms with E-state index in [1.807, 2.05) is 23.7 Å². The van der Waals surface area contributed by atoms with Gasteiger partial charge in [-0.1, -0.05) is 5.16 Å². The minimum Gasteiger partial charge on any atom is -0.391 e. The lowest BCUT2D eigenvalue weighted by Crippen LogP contribution is -2.23. The van der Waals surface area contributed by atoms with Crippen LogP contribution in [0.1, 0.15) is 12.3 Å². The average molecular weight is 379 g/mol. The number of halogens is 3. The summed E-state index contributed by atoms with van der Waals surface area (Å²) in [4.78, 5) is 9.80. The monoisotopic (exact) mass is 379 g/mol. The third-order valence-corrected chi connectivity index (χ3v) is 4.53. The first kappa shape index (κ1) is 17.5. The second kappa shape index (κ2) is 6.38. The number of aliphatic hydroxyl groups excluding tert-OH is 1. The maximum Gasteiger partial charge on any atom is 0.471 e. The highest BCUT2D eigenvalue weighted by atomic mass is 19.4. The van der Waals surface area contributed by atoms with Crippen LogP contribution >= 0.6 is 0 Å². The molecular weight excluding hydrogens is 363 g/mol. The second-order valence-electron chi connectivity index (χ2n) is 6.37. The molecule has 1 aliphatic rings. The number of nitrogens with zero attached hydrogens (tertiary/aromatic N) is 5. The minimum atomic E-state index is -4.69. The molecule has 0 aromatic carbocycles. The first-order valence-electron chi connectivity index (χ1n) is 8.29. The summed E-state index contributed by atoms with van der Waals surface area (Å²) in [6.07, 6.45) is -2.83. The average Bonchev–Trinajstić information content (AvgIpc) is 3.34. The van der Waals surface area contributed by atoms with Gasteiger partial charge in [0.1, 0.15) is 5.82 Å². The number of β-amino-alcohol motifs (C(OH)–C–C–N with tert-alkyl or cyclic N) is 1. The van der Waals surface area contributed by atoms with Crippen molar-refractivity contribution in [2.75, 3.05) is 18.0 Å². The summed E-state index contributed by atoms with van der Waals surface area (Å²) in [7, 11) is 1.87. The van der Waals surface area contributed by atoms with E-state index in [9.17, 15) is 18.3 Å². The second-order valence-corrected chi connectivity index (χ2v) is 6.37. The Morgan fingerprint density at radius 1 is 1.26 bits per heavy atom. The molecule has 0 bridgehead atoms. The molecule has 1 saturated heterocycles. The third-order valence-electron chi connectivity index (χ3n) is 4.53. The lowest BCUT2D eigenvalue weighted by atomic mass is 10.2. The van der Waals surface area contributed by atoms with Crippen LogP contribution < -0.4 is 4.90 Å². The molecule has 0 aliphatic carbocycles. The topological polar surface area (TPSA) is 80.2 Å². The summed E-state index contributed by atoms with van der Waals surface area (Å²) in [5, 5.41) is 13.1. The van der Waals surface area contributed by atoms with E-state index >= 15 is 0 Å². The predicted octanol–water partition coefficient (Wildman–Crippen LogP) is 2.73. The standard InChI is InChI=1S/C17H16F3N5O2/c1-24-13(2-3-14(24)25-7-5-11(26)9-25)12-8-10(4-6-21-12)15-22-16(27-23-15)17(18,19)20/h2-4,6,8,11,26H,5,7,9H2,1H3/t11-/m0/s1. The van der Waals surface area contributed by atoms with Crippen molar-refractivity contribution in [1.82, 2.24) is 19.7 Å². The number of hydrogen-bond donors (Lipinski definition) is 1. The lowest BCUT2D eigenvalue weighted by molar-refractivity contribution is -0.159. The number of pyridine rings is 1. The number of rotatable bonds is 3. The smallest absolute Gasteiger partial charge is 0.391 e. The Bertz CT molecular complexity index is 966. The van der Waals surface area contributed by atoms with Crippen LogP contribution in [0.5, 0.6) is 0 Å². The van der Waals surface area contributed by atoms with Gasteiger partial charge >= 0.3 is 12.1 Å². The van der Waals surface area contributed by atoms with Gasteiger partial charge in [0.15, 0.2) is 0 Å². The van der Waals surface area contributed by atoms with Gasteiger partial charge in [0.25, 0.3) is 0 Å². The largest absolute Gasteiger partial charge is 0.471 e. The van der Waals surface area contributed by atoms with Crippen LogP contribution in [0.3, 0.4) is 0 Å². The van der Waals surface area contributed by atoms with Gasteiger partial charge in [0, 0.05) is 31.9 Å². The molecule has 0 saturated carbocycles. The van der Waals surface area contributed by atoms with Gasteiger partial charge in [-0.3, -0.25) is 4.98 Å².